The van der Waals surface area contributed by atoms with Crippen molar-refractivity contribution in [1.29, 1.82) is 0 Å². The lowest BCUT2D eigenvalue weighted by atomic mass is 9.81. The van der Waals surface area contributed by atoms with Gasteiger partial charge in [0.15, 0.2) is 0 Å². The molecular weight excluding hydrogens is 471 g/mol. The summed E-state index contributed by atoms with van der Waals surface area (Å²) in [6.45, 7) is 2.99. The molecule has 0 saturated carbocycles. The number of aromatic amines is 1. The van der Waals surface area contributed by atoms with Gasteiger partial charge in [-0.2, -0.15) is 0 Å². The van der Waals surface area contributed by atoms with Gasteiger partial charge in [0.05, 0.1) is 11.6 Å². The van der Waals surface area contributed by atoms with E-state index in [2.05, 4.69) is 16.2 Å². The summed E-state index contributed by atoms with van der Waals surface area (Å²) in [4.78, 5) is 33.5. The van der Waals surface area contributed by atoms with Gasteiger partial charge >= 0.3 is 6.03 Å². The molecule has 5 rings (SSSR count). The number of benzene rings is 2. The SMILES string of the molecule is C#CCNCCCN1C(=O)N2C(c3cccc(O)c3)c3[nH]c4cc(F)c(Cl)cc4c3CC2(C)C1=O. The molecule has 2 atom stereocenters. The monoisotopic (exact) mass is 494 g/mol. The third-order valence-electron chi connectivity index (χ3n) is 6.86. The summed E-state index contributed by atoms with van der Waals surface area (Å²) in [6, 6.07) is 8.37. The number of hydrogen-bond acceptors (Lipinski definition) is 4. The van der Waals surface area contributed by atoms with E-state index in [0.717, 1.165) is 5.56 Å². The molecule has 2 unspecified atom stereocenters. The van der Waals surface area contributed by atoms with Crippen molar-refractivity contribution >= 4 is 34.4 Å². The molecule has 7 nitrogen and oxygen atoms in total. The van der Waals surface area contributed by atoms with Crippen molar-refractivity contribution in [3.05, 3.63) is 64.1 Å². The maximum atomic E-state index is 14.2. The summed E-state index contributed by atoms with van der Waals surface area (Å²) < 4.78 is 14.2. The van der Waals surface area contributed by atoms with E-state index < -0.39 is 23.4 Å². The zero-order valence-electron chi connectivity index (χ0n) is 19.1. The lowest BCUT2D eigenvalue weighted by molar-refractivity contribution is -0.133. The van der Waals surface area contributed by atoms with Crippen molar-refractivity contribution in [2.75, 3.05) is 19.6 Å². The molecule has 1 aromatic heterocycles. The summed E-state index contributed by atoms with van der Waals surface area (Å²) in [5.74, 6) is 1.68. The number of urea groups is 1. The first-order valence-corrected chi connectivity index (χ1v) is 11.7. The molecule has 0 bridgehead atoms. The maximum Gasteiger partial charge on any atom is 0.328 e. The first-order chi connectivity index (χ1) is 16.8. The van der Waals surface area contributed by atoms with Gasteiger partial charge in [0, 0.05) is 29.6 Å². The standard InChI is InChI=1S/C26H24ClFN4O3/c1-3-8-29-9-5-10-31-24(34)26(2)14-18-17-12-19(27)20(28)13-21(17)30-22(18)23(32(26)25(31)35)15-6-4-7-16(33)11-15/h1,4,6-7,11-13,23,29-30,33H,5,8-10,14H2,2H3. The highest BCUT2D eigenvalue weighted by Crippen LogP contribution is 2.49. The summed E-state index contributed by atoms with van der Waals surface area (Å²) in [7, 11) is 0. The largest absolute Gasteiger partial charge is 0.508 e. The van der Waals surface area contributed by atoms with Crippen molar-refractivity contribution in [2.45, 2.75) is 31.3 Å². The van der Waals surface area contributed by atoms with Crippen LogP contribution >= 0.6 is 11.6 Å². The topological polar surface area (TPSA) is 88.7 Å². The molecule has 0 aliphatic carbocycles. The average molecular weight is 495 g/mol. The Morgan fingerprint density at radius 1 is 1.34 bits per heavy atom. The second-order valence-corrected chi connectivity index (χ2v) is 9.53. The van der Waals surface area contributed by atoms with E-state index in [9.17, 15) is 19.1 Å². The lowest BCUT2D eigenvalue weighted by Crippen LogP contribution is -2.53. The highest BCUT2D eigenvalue weighted by atomic mass is 35.5. The van der Waals surface area contributed by atoms with Gasteiger partial charge in [0.25, 0.3) is 5.91 Å². The Balaban J connectivity index is 1.62. The fourth-order valence-corrected chi connectivity index (χ4v) is 5.43. The molecule has 3 aromatic rings. The van der Waals surface area contributed by atoms with Crippen LogP contribution < -0.4 is 5.32 Å². The number of fused-ring (bicyclic) bond motifs is 4. The van der Waals surface area contributed by atoms with E-state index in [4.69, 9.17) is 18.0 Å². The van der Waals surface area contributed by atoms with Crippen molar-refractivity contribution in [2.24, 2.45) is 0 Å². The van der Waals surface area contributed by atoms with Crippen LogP contribution in [0, 0.1) is 18.2 Å². The van der Waals surface area contributed by atoms with Crippen molar-refractivity contribution in [1.82, 2.24) is 20.1 Å². The van der Waals surface area contributed by atoms with Crippen molar-refractivity contribution in [3.8, 4) is 18.1 Å². The summed E-state index contributed by atoms with van der Waals surface area (Å²) >= 11 is 6.10. The molecule has 180 valence electrons. The molecule has 35 heavy (non-hydrogen) atoms. The second kappa shape index (κ2) is 8.59. The van der Waals surface area contributed by atoms with E-state index in [1.54, 1.807) is 42.2 Å². The van der Waals surface area contributed by atoms with Crippen LogP contribution in [-0.4, -0.2) is 57.0 Å². The van der Waals surface area contributed by atoms with Crippen LogP contribution in [0.1, 0.15) is 36.2 Å². The van der Waals surface area contributed by atoms with Crippen LogP contribution in [0.4, 0.5) is 9.18 Å². The maximum absolute atomic E-state index is 14.2. The molecule has 2 aliphatic rings. The second-order valence-electron chi connectivity index (χ2n) is 9.12. The van der Waals surface area contributed by atoms with Crippen LogP contribution in [0.25, 0.3) is 10.9 Å². The minimum absolute atomic E-state index is 0.0179. The number of amides is 3. The number of aromatic hydroxyl groups is 1. The Hall–Kier alpha value is -3.54. The number of carbonyl (C=O) groups is 2. The number of H-pyrrole nitrogens is 1. The van der Waals surface area contributed by atoms with Crippen LogP contribution in [0.3, 0.4) is 0 Å². The number of phenols is 1. The minimum Gasteiger partial charge on any atom is -0.508 e. The van der Waals surface area contributed by atoms with Crippen molar-refractivity contribution < 1.29 is 19.1 Å². The summed E-state index contributed by atoms with van der Waals surface area (Å²) in [6.07, 6.45) is 6.06. The first kappa shape index (κ1) is 23.2. The van der Waals surface area contributed by atoms with Crippen molar-refractivity contribution in [3.63, 3.8) is 0 Å². The Kier molecular flexibility index (Phi) is 5.70. The van der Waals surface area contributed by atoms with Crippen LogP contribution in [0.5, 0.6) is 5.75 Å². The first-order valence-electron chi connectivity index (χ1n) is 11.3. The van der Waals surface area contributed by atoms with Crippen LogP contribution in [0.15, 0.2) is 36.4 Å². The molecular formula is C26H24ClFN4O3. The predicted molar refractivity (Wildman–Crippen MR) is 131 cm³/mol. The molecule has 1 fully saturated rings. The zero-order valence-corrected chi connectivity index (χ0v) is 19.8. The van der Waals surface area contributed by atoms with E-state index >= 15 is 0 Å². The number of nitrogens with one attached hydrogen (secondary N) is 2. The smallest absolute Gasteiger partial charge is 0.328 e. The number of terminal acetylenes is 1. The number of imide groups is 1. The van der Waals surface area contributed by atoms with Gasteiger partial charge in [-0.1, -0.05) is 29.7 Å². The Morgan fingerprint density at radius 3 is 2.89 bits per heavy atom. The van der Waals surface area contributed by atoms with Gasteiger partial charge in [-0.15, -0.1) is 6.42 Å². The number of carbonyl (C=O) groups excluding carboxylic acids is 2. The third-order valence-corrected chi connectivity index (χ3v) is 7.15. The number of halogens is 2. The van der Waals surface area contributed by atoms with Gasteiger partial charge in [0.2, 0.25) is 0 Å². The fraction of sp³-hybridized carbons (Fsp3) is 0.308. The molecule has 3 N–H and O–H groups in total. The van der Waals surface area contributed by atoms with E-state index in [0.29, 0.717) is 41.7 Å². The Bertz CT molecular complexity index is 1400. The van der Waals surface area contributed by atoms with E-state index in [-0.39, 0.29) is 29.6 Å². The number of nitrogens with zero attached hydrogens (tertiary/aromatic N) is 2. The molecule has 3 heterocycles. The third kappa shape index (κ3) is 3.63. The Morgan fingerprint density at radius 2 is 2.14 bits per heavy atom. The zero-order chi connectivity index (χ0) is 24.9. The number of rotatable bonds is 6. The Labute approximate surface area is 206 Å². The van der Waals surface area contributed by atoms with Gasteiger partial charge in [-0.3, -0.25) is 14.6 Å². The summed E-state index contributed by atoms with van der Waals surface area (Å²) in [5.41, 5.74) is 1.47. The fourth-order valence-electron chi connectivity index (χ4n) is 5.27. The van der Waals surface area contributed by atoms with E-state index in [1.165, 1.54) is 11.0 Å². The normalized spacial score (nSPS) is 21.4. The molecule has 0 spiro atoms. The number of hydrogen-bond donors (Lipinski definition) is 3. The van der Waals surface area contributed by atoms with Crippen LogP contribution in [0.2, 0.25) is 5.02 Å². The number of aromatic nitrogens is 1. The predicted octanol–water partition coefficient (Wildman–Crippen LogP) is 3.95. The van der Waals surface area contributed by atoms with Crippen LogP contribution in [-0.2, 0) is 11.2 Å². The van der Waals surface area contributed by atoms with E-state index in [1.807, 2.05) is 0 Å². The number of phenolic OH excluding ortho intramolecular Hbond substituents is 1. The highest BCUT2D eigenvalue weighted by Gasteiger charge is 2.60. The quantitative estimate of drug-likeness (QED) is 0.275. The minimum atomic E-state index is -1.16. The lowest BCUT2D eigenvalue weighted by Gasteiger charge is -2.42. The van der Waals surface area contributed by atoms with Gasteiger partial charge in [-0.05, 0) is 55.3 Å². The van der Waals surface area contributed by atoms with Gasteiger partial charge in [0.1, 0.15) is 23.1 Å². The molecule has 9 heteroatoms. The average Bonchev–Trinajstić information content (AvgIpc) is 3.24. The highest BCUT2D eigenvalue weighted by molar-refractivity contribution is 6.31. The molecule has 0 radical (unpaired) electrons. The van der Waals surface area contributed by atoms with Gasteiger partial charge < -0.3 is 15.4 Å². The molecule has 1 saturated heterocycles. The molecule has 3 amide bonds. The van der Waals surface area contributed by atoms with Gasteiger partial charge in [-0.25, -0.2) is 9.18 Å². The summed E-state index contributed by atoms with van der Waals surface area (Å²) in [5, 5.41) is 13.9. The molecule has 2 aliphatic heterocycles. The molecule has 2 aromatic carbocycles.